The SMILES string of the molecule is CCCCCN(CCC)Cc1ccc(-c2cc(C/C(C(C)=O)=C(\C)C=C(C)C)c(CN)c(NC(C)C)c2)cc1. The number of Topliss-reactive ketones (excluding diaryl/α,β-unsaturated/α-hetero) is 1. The Morgan fingerprint density at radius 2 is 1.64 bits per heavy atom. The van der Waals surface area contributed by atoms with Gasteiger partial charge in [-0.15, -0.1) is 0 Å². The molecule has 0 radical (unpaired) electrons. The van der Waals surface area contributed by atoms with Crippen molar-refractivity contribution in [2.24, 2.45) is 5.73 Å². The normalized spacial score (nSPS) is 12.1. The van der Waals surface area contributed by atoms with Crippen LogP contribution in [0.5, 0.6) is 0 Å². The molecule has 0 aliphatic carbocycles. The molecule has 0 spiro atoms. The number of hydrogen-bond donors (Lipinski definition) is 2. The van der Waals surface area contributed by atoms with Gasteiger partial charge >= 0.3 is 0 Å². The fourth-order valence-electron chi connectivity index (χ4n) is 5.22. The van der Waals surface area contributed by atoms with E-state index in [9.17, 15) is 4.79 Å². The lowest BCUT2D eigenvalue weighted by atomic mass is 9.90. The minimum absolute atomic E-state index is 0.108. The van der Waals surface area contributed by atoms with Crippen molar-refractivity contribution in [1.82, 2.24) is 4.90 Å². The number of nitrogens with zero attached hydrogens (tertiary/aromatic N) is 1. The maximum Gasteiger partial charge on any atom is 0.156 e. The Labute approximate surface area is 238 Å². The van der Waals surface area contributed by atoms with Crippen LogP contribution in [0.4, 0.5) is 5.69 Å². The van der Waals surface area contributed by atoms with Crippen LogP contribution < -0.4 is 11.1 Å². The summed E-state index contributed by atoms with van der Waals surface area (Å²) in [5.41, 5.74) is 16.3. The van der Waals surface area contributed by atoms with Crippen molar-refractivity contribution in [3.05, 3.63) is 75.9 Å². The topological polar surface area (TPSA) is 58.4 Å². The van der Waals surface area contributed by atoms with Gasteiger partial charge < -0.3 is 11.1 Å². The molecule has 0 saturated heterocycles. The lowest BCUT2D eigenvalue weighted by Gasteiger charge is -2.22. The van der Waals surface area contributed by atoms with Gasteiger partial charge in [-0.1, -0.05) is 68.7 Å². The molecule has 0 fully saturated rings. The second kappa shape index (κ2) is 16.4. The number of nitrogens with two attached hydrogens (primary N) is 1. The largest absolute Gasteiger partial charge is 0.383 e. The van der Waals surface area contributed by atoms with Crippen molar-refractivity contribution >= 4 is 11.5 Å². The van der Waals surface area contributed by atoms with Gasteiger partial charge in [0, 0.05) is 36.8 Å². The van der Waals surface area contributed by atoms with E-state index < -0.39 is 0 Å². The van der Waals surface area contributed by atoms with Crippen molar-refractivity contribution in [2.75, 3.05) is 18.4 Å². The summed E-state index contributed by atoms with van der Waals surface area (Å²) in [7, 11) is 0. The molecule has 214 valence electrons. The Morgan fingerprint density at radius 3 is 2.18 bits per heavy atom. The maximum absolute atomic E-state index is 12.7. The van der Waals surface area contributed by atoms with Gasteiger partial charge in [-0.2, -0.15) is 0 Å². The zero-order valence-electron chi connectivity index (χ0n) is 25.9. The van der Waals surface area contributed by atoms with Gasteiger partial charge in [-0.25, -0.2) is 0 Å². The summed E-state index contributed by atoms with van der Waals surface area (Å²) in [6, 6.07) is 13.7. The number of carbonyl (C=O) groups excluding carboxylic acids is 1. The third-order valence-corrected chi connectivity index (χ3v) is 7.08. The Morgan fingerprint density at radius 1 is 0.949 bits per heavy atom. The number of anilines is 1. The van der Waals surface area contributed by atoms with Gasteiger partial charge in [0.05, 0.1) is 0 Å². The first-order chi connectivity index (χ1) is 18.6. The van der Waals surface area contributed by atoms with E-state index in [1.54, 1.807) is 6.92 Å². The van der Waals surface area contributed by atoms with Crippen LogP contribution in [-0.2, 0) is 24.3 Å². The molecule has 0 unspecified atom stereocenters. The molecule has 4 nitrogen and oxygen atoms in total. The number of ketones is 1. The van der Waals surface area contributed by atoms with E-state index in [4.69, 9.17) is 5.73 Å². The van der Waals surface area contributed by atoms with E-state index in [1.807, 2.05) is 6.92 Å². The van der Waals surface area contributed by atoms with Crippen molar-refractivity contribution in [3.63, 3.8) is 0 Å². The summed E-state index contributed by atoms with van der Waals surface area (Å²) in [6.45, 7) is 20.3. The molecule has 0 aliphatic heterocycles. The zero-order valence-corrected chi connectivity index (χ0v) is 25.9. The van der Waals surface area contributed by atoms with Crippen LogP contribution in [0.1, 0.15) is 97.8 Å². The van der Waals surface area contributed by atoms with E-state index in [-0.39, 0.29) is 11.8 Å². The lowest BCUT2D eigenvalue weighted by Crippen LogP contribution is -2.25. The number of allylic oxidation sites excluding steroid dienone is 4. The molecular formula is C35H53N3O. The van der Waals surface area contributed by atoms with Gasteiger partial charge in [0.15, 0.2) is 5.78 Å². The Bertz CT molecular complexity index is 1120. The standard InChI is InChI=1S/C35H53N3O/c1-9-11-12-18-38(17-10-2)24-29-13-15-30(16-14-29)31-20-32(34(23-36)35(22-31)37-26(5)6)21-33(28(8)39)27(7)19-25(3)4/h13-16,19-20,22,26,37H,9-12,17-18,21,23-24,36H2,1-8H3/b33-27-. The highest BCUT2D eigenvalue weighted by Gasteiger charge is 2.17. The maximum atomic E-state index is 12.7. The third kappa shape index (κ3) is 10.4. The summed E-state index contributed by atoms with van der Waals surface area (Å²) in [5.74, 6) is 0.108. The van der Waals surface area contributed by atoms with Gasteiger partial charge in [0.2, 0.25) is 0 Å². The van der Waals surface area contributed by atoms with Crippen LogP contribution in [0.15, 0.2) is 59.2 Å². The molecule has 0 atom stereocenters. The molecule has 0 saturated carbocycles. The average Bonchev–Trinajstić information content (AvgIpc) is 2.86. The van der Waals surface area contributed by atoms with Gasteiger partial charge in [-0.3, -0.25) is 9.69 Å². The van der Waals surface area contributed by atoms with Gasteiger partial charge in [-0.05, 0) is 107 Å². The second-order valence-corrected chi connectivity index (χ2v) is 11.5. The van der Waals surface area contributed by atoms with Crippen LogP contribution >= 0.6 is 0 Å². The molecule has 4 heteroatoms. The van der Waals surface area contributed by atoms with Crippen LogP contribution in [0, 0.1) is 0 Å². The molecular weight excluding hydrogens is 478 g/mol. The molecule has 0 aromatic heterocycles. The van der Waals surface area contributed by atoms with Crippen LogP contribution in [-0.4, -0.2) is 29.8 Å². The number of hydrogen-bond acceptors (Lipinski definition) is 4. The van der Waals surface area contributed by atoms with Crippen LogP contribution in [0.3, 0.4) is 0 Å². The summed E-state index contributed by atoms with van der Waals surface area (Å²) in [5, 5.41) is 3.62. The molecule has 39 heavy (non-hydrogen) atoms. The minimum atomic E-state index is 0.108. The summed E-state index contributed by atoms with van der Waals surface area (Å²) in [6.07, 6.45) is 7.65. The molecule has 0 bridgehead atoms. The summed E-state index contributed by atoms with van der Waals surface area (Å²) < 4.78 is 0. The van der Waals surface area contributed by atoms with E-state index in [0.717, 1.165) is 53.2 Å². The van der Waals surface area contributed by atoms with Crippen molar-refractivity contribution in [3.8, 4) is 11.1 Å². The first kappa shape index (κ1) is 32.5. The quantitative estimate of drug-likeness (QED) is 0.130. The van der Waals surface area contributed by atoms with E-state index >= 15 is 0 Å². The van der Waals surface area contributed by atoms with Gasteiger partial charge in [0.25, 0.3) is 0 Å². The smallest absolute Gasteiger partial charge is 0.156 e. The fraction of sp³-hybridized carbons (Fsp3) is 0.514. The van der Waals surface area contributed by atoms with Crippen LogP contribution in [0.2, 0.25) is 0 Å². The number of nitrogens with one attached hydrogen (secondary N) is 1. The van der Waals surface area contributed by atoms with E-state index in [2.05, 4.69) is 94.2 Å². The lowest BCUT2D eigenvalue weighted by molar-refractivity contribution is -0.113. The van der Waals surface area contributed by atoms with Crippen LogP contribution in [0.25, 0.3) is 11.1 Å². The highest BCUT2D eigenvalue weighted by molar-refractivity contribution is 5.95. The Kier molecular flexibility index (Phi) is 13.7. The monoisotopic (exact) mass is 531 g/mol. The number of unbranched alkanes of at least 4 members (excludes halogenated alkanes) is 2. The van der Waals surface area contributed by atoms with Crippen molar-refractivity contribution < 1.29 is 4.79 Å². The number of benzene rings is 2. The fourth-order valence-corrected chi connectivity index (χ4v) is 5.22. The highest BCUT2D eigenvalue weighted by Crippen LogP contribution is 2.32. The Hall–Kier alpha value is -2.69. The van der Waals surface area contributed by atoms with E-state index in [1.165, 1.54) is 42.4 Å². The highest BCUT2D eigenvalue weighted by atomic mass is 16.1. The van der Waals surface area contributed by atoms with E-state index in [0.29, 0.717) is 13.0 Å². The first-order valence-electron chi connectivity index (χ1n) is 14.9. The molecule has 2 aromatic carbocycles. The predicted octanol–water partition coefficient (Wildman–Crippen LogP) is 8.45. The van der Waals surface area contributed by atoms with Crippen molar-refractivity contribution in [2.45, 2.75) is 107 Å². The molecule has 2 rings (SSSR count). The molecule has 2 aromatic rings. The Balaban J connectivity index is 2.48. The second-order valence-electron chi connectivity index (χ2n) is 11.5. The zero-order chi connectivity index (χ0) is 28.9. The van der Waals surface area contributed by atoms with Gasteiger partial charge in [0.1, 0.15) is 0 Å². The molecule has 0 amide bonds. The summed E-state index contributed by atoms with van der Waals surface area (Å²) >= 11 is 0. The summed E-state index contributed by atoms with van der Waals surface area (Å²) in [4.78, 5) is 15.3. The molecule has 0 aliphatic rings. The average molecular weight is 532 g/mol. The first-order valence-corrected chi connectivity index (χ1v) is 14.9. The predicted molar refractivity (Wildman–Crippen MR) is 170 cm³/mol. The number of carbonyl (C=O) groups is 1. The molecule has 3 N–H and O–H groups in total. The third-order valence-electron chi connectivity index (χ3n) is 7.08. The van der Waals surface area contributed by atoms with Crippen molar-refractivity contribution in [1.29, 1.82) is 0 Å². The molecule has 0 heterocycles. The minimum Gasteiger partial charge on any atom is -0.383 e. The number of rotatable bonds is 16.